The van der Waals surface area contributed by atoms with E-state index in [1.165, 1.54) is 17.6 Å². The van der Waals surface area contributed by atoms with E-state index in [2.05, 4.69) is 105 Å². The van der Waals surface area contributed by atoms with Crippen molar-refractivity contribution >= 4 is 5.90 Å². The van der Waals surface area contributed by atoms with Gasteiger partial charge in [-0.05, 0) is 47.5 Å². The second-order valence-corrected chi connectivity index (χ2v) is 12.3. The molecule has 1 atom stereocenters. The van der Waals surface area contributed by atoms with Gasteiger partial charge in [0.05, 0.1) is 6.54 Å². The molecule has 32 heavy (non-hydrogen) atoms. The first-order valence-electron chi connectivity index (χ1n) is 12.2. The van der Waals surface area contributed by atoms with Crippen molar-refractivity contribution in [2.24, 2.45) is 27.2 Å². The first-order valence-corrected chi connectivity index (χ1v) is 12.2. The van der Waals surface area contributed by atoms with E-state index in [9.17, 15) is 0 Å². The summed E-state index contributed by atoms with van der Waals surface area (Å²) in [7, 11) is 0. The molecule has 0 fully saturated rings. The van der Waals surface area contributed by atoms with Gasteiger partial charge in [0.15, 0.2) is 5.90 Å². The number of hydrogen-bond donors (Lipinski definition) is 0. The summed E-state index contributed by atoms with van der Waals surface area (Å²) in [6.45, 7) is 24.3. The summed E-state index contributed by atoms with van der Waals surface area (Å²) in [5.41, 5.74) is 3.89. The van der Waals surface area contributed by atoms with E-state index in [1.807, 2.05) is 18.2 Å². The van der Waals surface area contributed by atoms with Crippen LogP contribution in [0.15, 0.2) is 59.1 Å². The monoisotopic (exact) mass is 439 g/mol. The Morgan fingerprint density at radius 1 is 0.938 bits per heavy atom. The molecule has 1 aromatic rings. The highest BCUT2D eigenvalue weighted by Gasteiger charge is 2.26. The largest absolute Gasteiger partial charge is 0.479 e. The molecular weight excluding hydrogens is 390 g/mol. The van der Waals surface area contributed by atoms with E-state index in [0.717, 1.165) is 31.9 Å². The number of ether oxygens (including phenoxy) is 1. The third-order valence-corrected chi connectivity index (χ3v) is 5.72. The first-order chi connectivity index (χ1) is 14.7. The smallest absolute Gasteiger partial charge is 0.183 e. The Kier molecular flexibility index (Phi) is 10.9. The van der Waals surface area contributed by atoms with Crippen LogP contribution in [0.25, 0.3) is 0 Å². The Morgan fingerprint density at radius 3 is 1.97 bits per heavy atom. The maximum atomic E-state index is 5.30. The molecule has 0 spiro atoms. The molecule has 1 heterocycles. The Bertz CT molecular complexity index is 749. The fraction of sp³-hybridized carbons (Fsp3) is 0.633. The van der Waals surface area contributed by atoms with Gasteiger partial charge in [-0.1, -0.05) is 116 Å². The summed E-state index contributed by atoms with van der Waals surface area (Å²) in [5, 5.41) is 0. The number of aliphatic imine (C=N–C) groups is 1. The lowest BCUT2D eigenvalue weighted by Gasteiger charge is -2.33. The van der Waals surface area contributed by atoms with E-state index in [-0.39, 0.29) is 0 Å². The van der Waals surface area contributed by atoms with Gasteiger partial charge in [-0.2, -0.15) is 0 Å². The van der Waals surface area contributed by atoms with Crippen molar-refractivity contribution in [3.8, 4) is 0 Å². The van der Waals surface area contributed by atoms with Gasteiger partial charge in [-0.3, -0.25) is 4.99 Å². The number of allylic oxidation sites excluding steroid dienone is 4. The lowest BCUT2D eigenvalue weighted by molar-refractivity contribution is 0.288. The average molecular weight is 440 g/mol. The van der Waals surface area contributed by atoms with Crippen LogP contribution >= 0.6 is 0 Å². The van der Waals surface area contributed by atoms with Crippen molar-refractivity contribution in [1.29, 1.82) is 0 Å². The van der Waals surface area contributed by atoms with Crippen molar-refractivity contribution in [3.63, 3.8) is 0 Å². The van der Waals surface area contributed by atoms with E-state index >= 15 is 0 Å². The molecule has 0 bridgehead atoms. The molecule has 0 saturated carbocycles. The number of aryl methyl sites for hydroxylation is 1. The molecule has 0 saturated heterocycles. The zero-order valence-corrected chi connectivity index (χ0v) is 22.6. The van der Waals surface area contributed by atoms with Gasteiger partial charge in [0.1, 0.15) is 6.61 Å². The van der Waals surface area contributed by atoms with E-state index in [4.69, 9.17) is 4.74 Å². The van der Waals surface area contributed by atoms with Crippen molar-refractivity contribution in [3.05, 3.63) is 59.7 Å². The van der Waals surface area contributed by atoms with Gasteiger partial charge in [-0.25, -0.2) is 0 Å². The summed E-state index contributed by atoms with van der Waals surface area (Å²) < 4.78 is 5.30. The molecule has 180 valence electrons. The van der Waals surface area contributed by atoms with Crippen molar-refractivity contribution in [2.45, 2.75) is 88.5 Å². The number of benzene rings is 1. The normalized spacial score (nSPS) is 18.4. The topological polar surface area (TPSA) is 21.6 Å². The van der Waals surface area contributed by atoms with Crippen LogP contribution in [-0.2, 0) is 4.74 Å². The van der Waals surface area contributed by atoms with Crippen LogP contribution in [-0.4, -0.2) is 19.0 Å². The van der Waals surface area contributed by atoms with Crippen molar-refractivity contribution in [2.75, 3.05) is 13.2 Å². The van der Waals surface area contributed by atoms with Crippen LogP contribution in [0.4, 0.5) is 0 Å². The van der Waals surface area contributed by atoms with Crippen LogP contribution in [0.2, 0.25) is 0 Å². The summed E-state index contributed by atoms with van der Waals surface area (Å²) >= 11 is 0. The zero-order chi connectivity index (χ0) is 24.4. The second kappa shape index (κ2) is 12.4. The maximum Gasteiger partial charge on any atom is 0.183 e. The molecule has 3 rings (SSSR count). The van der Waals surface area contributed by atoms with Crippen molar-refractivity contribution in [1.82, 2.24) is 0 Å². The molecule has 2 aliphatic rings. The Labute approximate surface area is 199 Å². The van der Waals surface area contributed by atoms with E-state index < -0.39 is 0 Å². The third-order valence-electron chi connectivity index (χ3n) is 5.72. The molecule has 0 N–H and O–H groups in total. The standard InChI is InChI=1S/C14H24.C9H17NO.C7H8/c1-13(2,3)11-8-7-9-12(10-11)14(4,5)6;1-9(2,3)5-4-8-10-6-7-11-8;1-7-5-3-2-4-6-7/h7-8,10,12H,9H2,1-6H3;4-7H2,1-3H3;2-6H,1H3. The van der Waals surface area contributed by atoms with Gasteiger partial charge >= 0.3 is 0 Å². The molecule has 0 radical (unpaired) electrons. The Balaban J connectivity index is 0.000000253. The van der Waals surface area contributed by atoms with Gasteiger partial charge < -0.3 is 4.74 Å². The fourth-order valence-electron chi connectivity index (χ4n) is 3.33. The van der Waals surface area contributed by atoms with Gasteiger partial charge in [0, 0.05) is 6.42 Å². The summed E-state index contributed by atoms with van der Waals surface area (Å²) in [4.78, 5) is 4.23. The minimum Gasteiger partial charge on any atom is -0.479 e. The molecule has 1 unspecified atom stereocenters. The van der Waals surface area contributed by atoms with Crippen molar-refractivity contribution < 1.29 is 4.74 Å². The zero-order valence-electron chi connectivity index (χ0n) is 22.6. The van der Waals surface area contributed by atoms with Crippen LogP contribution in [0.3, 0.4) is 0 Å². The van der Waals surface area contributed by atoms with Crippen LogP contribution in [0.1, 0.15) is 87.1 Å². The summed E-state index contributed by atoms with van der Waals surface area (Å²) in [6, 6.07) is 10.3. The number of rotatable bonds is 2. The van der Waals surface area contributed by atoms with Crippen LogP contribution in [0.5, 0.6) is 0 Å². The highest BCUT2D eigenvalue weighted by Crippen LogP contribution is 2.38. The molecular formula is C30H49NO. The highest BCUT2D eigenvalue weighted by atomic mass is 16.5. The average Bonchev–Trinajstić information content (AvgIpc) is 3.20. The fourth-order valence-corrected chi connectivity index (χ4v) is 3.33. The van der Waals surface area contributed by atoms with E-state index in [1.54, 1.807) is 0 Å². The quantitative estimate of drug-likeness (QED) is 0.451. The van der Waals surface area contributed by atoms with Gasteiger partial charge in [-0.15, -0.1) is 0 Å². The number of hydrogen-bond acceptors (Lipinski definition) is 2. The molecule has 1 aliphatic heterocycles. The molecule has 2 heteroatoms. The lowest BCUT2D eigenvalue weighted by atomic mass is 9.72. The maximum absolute atomic E-state index is 5.30. The molecule has 1 aromatic carbocycles. The predicted molar refractivity (Wildman–Crippen MR) is 142 cm³/mol. The van der Waals surface area contributed by atoms with E-state index in [0.29, 0.717) is 22.2 Å². The minimum atomic E-state index is 0.292. The second-order valence-electron chi connectivity index (χ2n) is 12.3. The third kappa shape index (κ3) is 12.3. The Morgan fingerprint density at radius 2 is 1.56 bits per heavy atom. The molecule has 2 nitrogen and oxygen atoms in total. The SMILES string of the molecule is CC(C)(C)C1=CC(C(C)(C)C)CC=C1.CC(C)(C)CCC1=NCCO1.Cc1ccccc1. The van der Waals surface area contributed by atoms with Crippen LogP contribution < -0.4 is 0 Å². The molecule has 0 amide bonds. The summed E-state index contributed by atoms with van der Waals surface area (Å²) in [6.07, 6.45) is 10.5. The predicted octanol–water partition coefficient (Wildman–Crippen LogP) is 8.82. The van der Waals surface area contributed by atoms with Crippen LogP contribution in [0, 0.1) is 29.1 Å². The molecule has 1 aliphatic carbocycles. The van der Waals surface area contributed by atoms with Gasteiger partial charge in [0.2, 0.25) is 0 Å². The van der Waals surface area contributed by atoms with Gasteiger partial charge in [0.25, 0.3) is 0 Å². The molecule has 0 aromatic heterocycles. The Hall–Kier alpha value is -1.83. The lowest BCUT2D eigenvalue weighted by Crippen LogP contribution is -2.22. The number of nitrogens with zero attached hydrogens (tertiary/aromatic N) is 1. The first kappa shape index (κ1) is 28.2. The summed E-state index contributed by atoms with van der Waals surface area (Å²) in [5.74, 6) is 1.65. The minimum absolute atomic E-state index is 0.292. The highest BCUT2D eigenvalue weighted by molar-refractivity contribution is 5.77.